The van der Waals surface area contributed by atoms with Crippen molar-refractivity contribution in [3.63, 3.8) is 0 Å². The molecule has 0 aliphatic heterocycles. The van der Waals surface area contributed by atoms with Crippen molar-refractivity contribution >= 4 is 27.7 Å². The first-order valence-corrected chi connectivity index (χ1v) is 8.35. The summed E-state index contributed by atoms with van der Waals surface area (Å²) < 4.78 is 12.9. The molecule has 1 aromatic carbocycles. The minimum absolute atomic E-state index is 0.216. The second-order valence-corrected chi connectivity index (χ2v) is 6.29. The van der Waals surface area contributed by atoms with Gasteiger partial charge in [0, 0.05) is 30.2 Å². The van der Waals surface area contributed by atoms with Crippen LogP contribution in [0.25, 0.3) is 0 Å². The maximum Gasteiger partial charge on any atom is 0.286 e. The third kappa shape index (κ3) is 5.25. The van der Waals surface area contributed by atoms with Crippen molar-refractivity contribution in [1.82, 2.24) is 15.4 Å². The Kier molecular flexibility index (Phi) is 6.46. The highest BCUT2D eigenvalue weighted by Gasteiger charge is 2.12. The van der Waals surface area contributed by atoms with Gasteiger partial charge in [0.25, 0.3) is 5.91 Å². The number of carbonyl (C=O) groups is 2. The van der Waals surface area contributed by atoms with E-state index in [1.807, 2.05) is 12.1 Å². The summed E-state index contributed by atoms with van der Waals surface area (Å²) >= 11 is 3.30. The van der Waals surface area contributed by atoms with E-state index in [9.17, 15) is 9.59 Å². The number of hydrazine groups is 1. The fourth-order valence-electron chi connectivity index (χ4n) is 2.27. The molecular formula is C17H20BrN3O4. The van der Waals surface area contributed by atoms with E-state index in [0.29, 0.717) is 23.6 Å². The largest absolute Gasteiger partial charge is 0.497 e. The number of halogens is 1. The topological polar surface area (TPSA) is 81.6 Å². The molecule has 0 aliphatic carbocycles. The molecule has 0 aliphatic rings. The van der Waals surface area contributed by atoms with Crippen LogP contribution in [0.4, 0.5) is 0 Å². The van der Waals surface area contributed by atoms with Gasteiger partial charge in [-0.25, -0.2) is 0 Å². The highest BCUT2D eigenvalue weighted by Crippen LogP contribution is 2.23. The molecule has 0 radical (unpaired) electrons. The molecule has 0 unspecified atom stereocenters. The van der Waals surface area contributed by atoms with Gasteiger partial charge in [-0.3, -0.25) is 20.4 Å². The first-order valence-electron chi connectivity index (χ1n) is 7.56. The van der Waals surface area contributed by atoms with E-state index in [4.69, 9.17) is 9.47 Å². The normalized spacial score (nSPS) is 10.2. The Hall–Kier alpha value is -2.48. The zero-order valence-corrected chi connectivity index (χ0v) is 15.8. The molecule has 25 heavy (non-hydrogen) atoms. The van der Waals surface area contributed by atoms with Gasteiger partial charge >= 0.3 is 0 Å². The van der Waals surface area contributed by atoms with Gasteiger partial charge in [0.2, 0.25) is 5.91 Å². The number of aromatic nitrogens is 1. The van der Waals surface area contributed by atoms with Crippen molar-refractivity contribution in [1.29, 1.82) is 0 Å². The maximum atomic E-state index is 12.0. The first kappa shape index (κ1) is 18.9. The van der Waals surface area contributed by atoms with Crippen LogP contribution in [0.3, 0.4) is 0 Å². The zero-order chi connectivity index (χ0) is 18.4. The predicted octanol–water partition coefficient (Wildman–Crippen LogP) is 2.20. The number of nitrogens with one attached hydrogen (secondary N) is 2. The molecule has 134 valence electrons. The molecule has 2 rings (SSSR count). The van der Waals surface area contributed by atoms with Crippen molar-refractivity contribution in [2.24, 2.45) is 7.05 Å². The van der Waals surface area contributed by atoms with Crippen LogP contribution < -0.4 is 20.3 Å². The molecular weight excluding hydrogens is 390 g/mol. The standard InChI is InChI=1S/C17H20BrN3O4/c1-21-10-12(18)8-15(21)17(23)20-19-16(22)5-4-11-6-13(24-2)9-14(7-11)25-3/h6-10H,4-5H2,1-3H3,(H,19,22)(H,20,23). The second kappa shape index (κ2) is 8.57. The van der Waals surface area contributed by atoms with Crippen LogP contribution in [-0.4, -0.2) is 30.6 Å². The lowest BCUT2D eigenvalue weighted by Crippen LogP contribution is -2.42. The molecule has 0 saturated heterocycles. The second-order valence-electron chi connectivity index (χ2n) is 5.38. The fraction of sp³-hybridized carbons (Fsp3) is 0.294. The van der Waals surface area contributed by atoms with Crippen molar-refractivity contribution < 1.29 is 19.1 Å². The smallest absolute Gasteiger partial charge is 0.286 e. The molecule has 2 aromatic rings. The summed E-state index contributed by atoms with van der Waals surface area (Å²) in [6.45, 7) is 0. The monoisotopic (exact) mass is 409 g/mol. The fourth-order valence-corrected chi connectivity index (χ4v) is 2.80. The van der Waals surface area contributed by atoms with Gasteiger partial charge in [-0.15, -0.1) is 0 Å². The summed E-state index contributed by atoms with van der Waals surface area (Å²) in [5, 5.41) is 0. The Balaban J connectivity index is 1.86. The number of benzene rings is 1. The number of carbonyl (C=O) groups excluding carboxylic acids is 2. The Labute approximate surface area is 154 Å². The van der Waals surface area contributed by atoms with Crippen LogP contribution in [0.2, 0.25) is 0 Å². The van der Waals surface area contributed by atoms with Crippen LogP contribution in [0.5, 0.6) is 11.5 Å². The number of ether oxygens (including phenoxy) is 2. The van der Waals surface area contributed by atoms with Crippen molar-refractivity contribution in [3.8, 4) is 11.5 Å². The van der Waals surface area contributed by atoms with E-state index < -0.39 is 0 Å². The number of hydrogen-bond donors (Lipinski definition) is 2. The van der Waals surface area contributed by atoms with E-state index in [2.05, 4.69) is 26.8 Å². The van der Waals surface area contributed by atoms with Crippen LogP contribution in [0, 0.1) is 0 Å². The van der Waals surface area contributed by atoms with Crippen LogP contribution in [0.1, 0.15) is 22.5 Å². The number of amides is 2. The molecule has 1 heterocycles. The summed E-state index contributed by atoms with van der Waals surface area (Å²) in [6.07, 6.45) is 2.46. The van der Waals surface area contributed by atoms with Crippen molar-refractivity contribution in [2.75, 3.05) is 14.2 Å². The van der Waals surface area contributed by atoms with E-state index in [1.54, 1.807) is 44.2 Å². The minimum atomic E-state index is -0.385. The third-order valence-corrected chi connectivity index (χ3v) is 4.01. The molecule has 2 N–H and O–H groups in total. The van der Waals surface area contributed by atoms with Crippen molar-refractivity contribution in [3.05, 3.63) is 46.2 Å². The summed E-state index contributed by atoms with van der Waals surface area (Å²) in [5.74, 6) is 0.655. The minimum Gasteiger partial charge on any atom is -0.497 e. The number of methoxy groups -OCH3 is 2. The van der Waals surface area contributed by atoms with Gasteiger partial charge in [0.1, 0.15) is 17.2 Å². The zero-order valence-electron chi connectivity index (χ0n) is 14.3. The quantitative estimate of drug-likeness (QED) is 0.716. The lowest BCUT2D eigenvalue weighted by atomic mass is 10.1. The van der Waals surface area contributed by atoms with Gasteiger partial charge in [0.05, 0.1) is 14.2 Å². The number of aryl methyl sites for hydroxylation is 2. The van der Waals surface area contributed by atoms with Crippen LogP contribution >= 0.6 is 15.9 Å². The van der Waals surface area contributed by atoms with Crippen LogP contribution in [0.15, 0.2) is 34.9 Å². The summed E-state index contributed by atoms with van der Waals surface area (Å²) in [6, 6.07) is 7.12. The third-order valence-electron chi connectivity index (χ3n) is 3.57. The highest BCUT2D eigenvalue weighted by molar-refractivity contribution is 9.10. The lowest BCUT2D eigenvalue weighted by molar-refractivity contribution is -0.121. The van der Waals surface area contributed by atoms with E-state index in [0.717, 1.165) is 10.0 Å². The molecule has 0 fully saturated rings. The van der Waals surface area contributed by atoms with Gasteiger partial charge in [-0.05, 0) is 46.1 Å². The highest BCUT2D eigenvalue weighted by atomic mass is 79.9. The molecule has 1 aromatic heterocycles. The van der Waals surface area contributed by atoms with E-state index >= 15 is 0 Å². The van der Waals surface area contributed by atoms with E-state index in [-0.39, 0.29) is 18.2 Å². The Morgan fingerprint density at radius 3 is 2.24 bits per heavy atom. The van der Waals surface area contributed by atoms with Gasteiger partial charge in [-0.2, -0.15) is 0 Å². The number of rotatable bonds is 6. The number of nitrogens with zero attached hydrogens (tertiary/aromatic N) is 1. The van der Waals surface area contributed by atoms with Crippen LogP contribution in [-0.2, 0) is 18.3 Å². The average molecular weight is 410 g/mol. The summed E-state index contributed by atoms with van der Waals surface area (Å²) in [7, 11) is 4.89. The van der Waals surface area contributed by atoms with Gasteiger partial charge in [-0.1, -0.05) is 0 Å². The summed E-state index contributed by atoms with van der Waals surface area (Å²) in [5.41, 5.74) is 6.16. The molecule has 0 saturated carbocycles. The Morgan fingerprint density at radius 2 is 1.72 bits per heavy atom. The maximum absolute atomic E-state index is 12.0. The molecule has 8 heteroatoms. The first-order chi connectivity index (χ1) is 11.9. The average Bonchev–Trinajstić information content (AvgIpc) is 2.95. The SMILES string of the molecule is COc1cc(CCC(=O)NNC(=O)c2cc(Br)cn2C)cc(OC)c1. The van der Waals surface area contributed by atoms with Gasteiger partial charge < -0.3 is 14.0 Å². The molecule has 0 atom stereocenters. The predicted molar refractivity (Wildman–Crippen MR) is 96.6 cm³/mol. The summed E-state index contributed by atoms with van der Waals surface area (Å²) in [4.78, 5) is 24.0. The molecule has 0 spiro atoms. The molecule has 0 bridgehead atoms. The van der Waals surface area contributed by atoms with E-state index in [1.165, 1.54) is 0 Å². The molecule has 7 nitrogen and oxygen atoms in total. The Bertz CT molecular complexity index is 751. The molecule has 2 amide bonds. The Morgan fingerprint density at radius 1 is 1.08 bits per heavy atom. The van der Waals surface area contributed by atoms with Gasteiger partial charge in [0.15, 0.2) is 0 Å². The number of hydrogen-bond acceptors (Lipinski definition) is 4. The lowest BCUT2D eigenvalue weighted by Gasteiger charge is -2.10. The van der Waals surface area contributed by atoms with Crippen molar-refractivity contribution in [2.45, 2.75) is 12.8 Å².